The molecule has 0 atom stereocenters. The number of rotatable bonds is 5. The Labute approximate surface area is 208 Å². The van der Waals surface area contributed by atoms with Gasteiger partial charge in [0.1, 0.15) is 5.82 Å². The van der Waals surface area contributed by atoms with Gasteiger partial charge in [-0.15, -0.1) is 0 Å². The van der Waals surface area contributed by atoms with Gasteiger partial charge in [-0.25, -0.2) is 4.39 Å². The quantitative estimate of drug-likeness (QED) is 0.482. The number of halogens is 2. The third-order valence-electron chi connectivity index (χ3n) is 6.73. The lowest BCUT2D eigenvalue weighted by atomic mass is 9.99. The Balaban J connectivity index is 1.33. The lowest BCUT2D eigenvalue weighted by Gasteiger charge is -2.40. The highest BCUT2D eigenvalue weighted by atomic mass is 79.9. The van der Waals surface area contributed by atoms with Crippen molar-refractivity contribution in [2.45, 2.75) is 32.9 Å². The third-order valence-corrected chi connectivity index (χ3v) is 9.55. The van der Waals surface area contributed by atoms with Crippen molar-refractivity contribution in [2.75, 3.05) is 30.5 Å². The fourth-order valence-corrected chi connectivity index (χ4v) is 7.16. The molecular weight excluding hydrogens is 519 g/mol. The molecule has 1 aromatic heterocycles. The summed E-state index contributed by atoms with van der Waals surface area (Å²) in [5.41, 5.74) is 4.90. The van der Waals surface area contributed by atoms with E-state index >= 15 is 0 Å². The van der Waals surface area contributed by atoms with E-state index < -0.39 is 10.2 Å². The SMILES string of the molecule is CC(C)N1Cc2c(Br)cccc2N(CCN2CC=C(c3c[nH]c4cc(F)ccc34)CC2)S1(=O)=O. The molecule has 2 aliphatic rings. The molecule has 9 heteroatoms. The van der Waals surface area contributed by atoms with Crippen molar-refractivity contribution in [2.24, 2.45) is 0 Å². The molecule has 6 nitrogen and oxygen atoms in total. The number of nitrogens with zero attached hydrogens (tertiary/aromatic N) is 3. The van der Waals surface area contributed by atoms with Gasteiger partial charge in [0.2, 0.25) is 0 Å². The van der Waals surface area contributed by atoms with Crippen molar-refractivity contribution in [1.29, 1.82) is 0 Å². The first-order chi connectivity index (χ1) is 16.3. The maximum absolute atomic E-state index is 13.5. The summed E-state index contributed by atoms with van der Waals surface area (Å²) in [5.74, 6) is -0.248. The van der Waals surface area contributed by atoms with Gasteiger partial charge in [0.15, 0.2) is 0 Å². The van der Waals surface area contributed by atoms with Crippen molar-refractivity contribution in [3.05, 3.63) is 70.1 Å². The second-order valence-electron chi connectivity index (χ2n) is 9.13. The number of nitrogens with one attached hydrogen (secondary N) is 1. The monoisotopic (exact) mass is 546 g/mol. The van der Waals surface area contributed by atoms with Crippen LogP contribution in [0.2, 0.25) is 0 Å². The van der Waals surface area contributed by atoms with Crippen LogP contribution in [-0.4, -0.2) is 54.8 Å². The first kappa shape index (κ1) is 23.5. The number of H-pyrrole nitrogens is 1. The van der Waals surface area contributed by atoms with Crippen LogP contribution in [0.4, 0.5) is 10.1 Å². The number of aromatic amines is 1. The molecule has 2 aromatic carbocycles. The van der Waals surface area contributed by atoms with E-state index in [-0.39, 0.29) is 11.9 Å². The van der Waals surface area contributed by atoms with E-state index in [0.29, 0.717) is 19.6 Å². The molecule has 0 unspecified atom stereocenters. The van der Waals surface area contributed by atoms with Gasteiger partial charge in [0.25, 0.3) is 0 Å². The number of anilines is 1. The molecule has 0 spiro atoms. The van der Waals surface area contributed by atoms with Crippen molar-refractivity contribution in [3.63, 3.8) is 0 Å². The van der Waals surface area contributed by atoms with Crippen LogP contribution in [0, 0.1) is 5.82 Å². The minimum Gasteiger partial charge on any atom is -0.360 e. The van der Waals surface area contributed by atoms with Gasteiger partial charge >= 0.3 is 10.2 Å². The Morgan fingerprint density at radius 2 is 2.00 bits per heavy atom. The average molecular weight is 547 g/mol. The molecule has 180 valence electrons. The molecular formula is C25H28BrFN4O2S. The van der Waals surface area contributed by atoms with E-state index in [1.807, 2.05) is 44.3 Å². The predicted molar refractivity (Wildman–Crippen MR) is 138 cm³/mol. The van der Waals surface area contributed by atoms with Crippen LogP contribution in [0.25, 0.3) is 16.5 Å². The van der Waals surface area contributed by atoms with E-state index in [4.69, 9.17) is 0 Å². The van der Waals surface area contributed by atoms with Crippen LogP contribution in [0.3, 0.4) is 0 Å². The molecule has 0 saturated carbocycles. The number of benzene rings is 2. The summed E-state index contributed by atoms with van der Waals surface area (Å²) < 4.78 is 44.4. The van der Waals surface area contributed by atoms with Crippen molar-refractivity contribution < 1.29 is 12.8 Å². The van der Waals surface area contributed by atoms with E-state index in [9.17, 15) is 12.8 Å². The van der Waals surface area contributed by atoms with Crippen LogP contribution in [0.15, 0.2) is 53.1 Å². The standard InChI is InChI=1S/C25H28BrFN4O2S/c1-17(2)31-16-22-23(26)4-3-5-25(22)30(34(31,32)33)13-12-29-10-8-18(9-11-29)21-15-28-24-14-19(27)6-7-20(21)24/h3-8,14-15,17,28H,9-13,16H2,1-2H3. The summed E-state index contributed by atoms with van der Waals surface area (Å²) in [6, 6.07) is 10.4. The molecule has 0 amide bonds. The minimum absolute atomic E-state index is 0.127. The Morgan fingerprint density at radius 1 is 1.18 bits per heavy atom. The fraction of sp³-hybridized carbons (Fsp3) is 0.360. The highest BCUT2D eigenvalue weighted by Crippen LogP contribution is 2.37. The van der Waals surface area contributed by atoms with Crippen LogP contribution in [0.1, 0.15) is 31.4 Å². The molecule has 0 saturated heterocycles. The van der Waals surface area contributed by atoms with Gasteiger partial charge < -0.3 is 4.98 Å². The van der Waals surface area contributed by atoms with Crippen molar-refractivity contribution in [1.82, 2.24) is 14.2 Å². The highest BCUT2D eigenvalue weighted by molar-refractivity contribution is 9.10. The van der Waals surface area contributed by atoms with Gasteiger partial charge in [-0.1, -0.05) is 28.1 Å². The Hall–Kier alpha value is -2.20. The Bertz CT molecular complexity index is 1370. The molecule has 1 N–H and O–H groups in total. The zero-order valence-electron chi connectivity index (χ0n) is 19.3. The predicted octanol–water partition coefficient (Wildman–Crippen LogP) is 5.13. The Kier molecular flexibility index (Phi) is 6.31. The lowest BCUT2D eigenvalue weighted by molar-refractivity contribution is 0.305. The molecule has 3 aromatic rings. The largest absolute Gasteiger partial charge is 0.360 e. The van der Waals surface area contributed by atoms with Crippen molar-refractivity contribution >= 4 is 48.3 Å². The van der Waals surface area contributed by atoms with Crippen LogP contribution in [-0.2, 0) is 16.8 Å². The zero-order valence-corrected chi connectivity index (χ0v) is 21.7. The normalized spacial score (nSPS) is 19.0. The van der Waals surface area contributed by atoms with Gasteiger partial charge in [-0.05, 0) is 56.2 Å². The van der Waals surface area contributed by atoms with Crippen LogP contribution >= 0.6 is 15.9 Å². The molecule has 2 aliphatic heterocycles. The Morgan fingerprint density at radius 3 is 2.74 bits per heavy atom. The third kappa shape index (κ3) is 4.19. The molecule has 3 heterocycles. The smallest absolute Gasteiger partial charge is 0.304 e. The van der Waals surface area contributed by atoms with E-state index in [1.54, 1.807) is 8.61 Å². The second-order valence-corrected chi connectivity index (χ2v) is 11.8. The van der Waals surface area contributed by atoms with E-state index in [0.717, 1.165) is 51.7 Å². The number of hydrogen-bond donors (Lipinski definition) is 1. The van der Waals surface area contributed by atoms with Crippen LogP contribution < -0.4 is 4.31 Å². The highest BCUT2D eigenvalue weighted by Gasteiger charge is 2.38. The first-order valence-corrected chi connectivity index (χ1v) is 13.7. The molecule has 0 bridgehead atoms. The van der Waals surface area contributed by atoms with E-state index in [1.165, 1.54) is 17.7 Å². The number of aromatic nitrogens is 1. The summed E-state index contributed by atoms with van der Waals surface area (Å²) >= 11 is 3.61. The van der Waals surface area contributed by atoms with Gasteiger partial charge in [-0.3, -0.25) is 9.21 Å². The molecule has 5 rings (SSSR count). The maximum atomic E-state index is 13.5. The van der Waals surface area contributed by atoms with Gasteiger partial charge in [-0.2, -0.15) is 12.7 Å². The van der Waals surface area contributed by atoms with E-state index in [2.05, 4.69) is 31.9 Å². The number of hydrogen-bond acceptors (Lipinski definition) is 3. The molecule has 34 heavy (non-hydrogen) atoms. The lowest BCUT2D eigenvalue weighted by Crippen LogP contribution is -2.52. The topological polar surface area (TPSA) is 59.6 Å². The minimum atomic E-state index is -3.60. The molecule has 0 radical (unpaired) electrons. The maximum Gasteiger partial charge on any atom is 0.304 e. The van der Waals surface area contributed by atoms with Gasteiger partial charge in [0.05, 0.1) is 5.69 Å². The van der Waals surface area contributed by atoms with Crippen LogP contribution in [0.5, 0.6) is 0 Å². The summed E-state index contributed by atoms with van der Waals surface area (Å²) in [4.78, 5) is 5.44. The summed E-state index contributed by atoms with van der Waals surface area (Å²) in [6.07, 6.45) is 5.00. The molecule has 0 aliphatic carbocycles. The zero-order chi connectivity index (χ0) is 24.0. The summed E-state index contributed by atoms with van der Waals surface area (Å²) in [6.45, 7) is 6.81. The molecule has 0 fully saturated rings. The summed E-state index contributed by atoms with van der Waals surface area (Å²) in [7, 11) is -3.60. The summed E-state index contributed by atoms with van der Waals surface area (Å²) in [5, 5.41) is 1.02. The second kappa shape index (κ2) is 9.11. The fourth-order valence-electron chi connectivity index (χ4n) is 4.87. The average Bonchev–Trinajstić information content (AvgIpc) is 3.21. The van der Waals surface area contributed by atoms with Gasteiger partial charge in [0, 0.05) is 71.5 Å². The van der Waals surface area contributed by atoms with Crippen molar-refractivity contribution in [3.8, 4) is 0 Å². The number of fused-ring (bicyclic) bond motifs is 2. The first-order valence-electron chi connectivity index (χ1n) is 11.5.